The maximum Gasteiger partial charge on any atom is 0.159 e. The minimum Gasteiger partial charge on any atom is -0.393 e. The van der Waals surface area contributed by atoms with Gasteiger partial charge in [-0.05, 0) is 92.3 Å². The molecule has 2 fully saturated rings. The Kier molecular flexibility index (Phi) is 6.35. The van der Waals surface area contributed by atoms with Gasteiger partial charge in [-0.1, -0.05) is 58.8 Å². The second kappa shape index (κ2) is 8.33. The molecule has 0 bridgehead atoms. The van der Waals surface area contributed by atoms with Crippen molar-refractivity contribution < 1.29 is 15.0 Å². The topological polar surface area (TPSA) is 57.5 Å². The number of ketones is 1. The quantitative estimate of drug-likeness (QED) is 0.456. The van der Waals surface area contributed by atoms with Gasteiger partial charge in [0.05, 0.1) is 12.7 Å². The van der Waals surface area contributed by atoms with Crippen molar-refractivity contribution in [2.24, 2.45) is 39.4 Å². The van der Waals surface area contributed by atoms with Crippen molar-refractivity contribution in [3.8, 4) is 0 Å². The van der Waals surface area contributed by atoms with E-state index in [1.807, 2.05) is 6.92 Å². The van der Waals surface area contributed by atoms with Crippen LogP contribution in [0.15, 0.2) is 22.8 Å². The normalized spacial score (nSPS) is 43.7. The van der Waals surface area contributed by atoms with Gasteiger partial charge in [0.1, 0.15) is 0 Å². The van der Waals surface area contributed by atoms with E-state index in [0.29, 0.717) is 24.0 Å². The standard InChI is InChI=1S/C30H48O3/c1-19(18-31)9-8-10-20(2)21-11-16-30(7)26-22(12-15-29(21,30)6)28(5)14-13-25(33)27(3,4)24(28)17-23(26)32/h9,20-21,24-25,31,33H,8,10-18H2,1-7H3/t20-,21-,24?,25?,28-,29-,30+/m1/s1. The van der Waals surface area contributed by atoms with Crippen LogP contribution in [0.3, 0.4) is 0 Å². The van der Waals surface area contributed by atoms with Crippen molar-refractivity contribution in [2.75, 3.05) is 6.61 Å². The molecule has 0 saturated heterocycles. The van der Waals surface area contributed by atoms with Gasteiger partial charge < -0.3 is 10.2 Å². The van der Waals surface area contributed by atoms with E-state index in [2.05, 4.69) is 47.6 Å². The van der Waals surface area contributed by atoms with Crippen LogP contribution >= 0.6 is 0 Å². The molecule has 0 aromatic carbocycles. The molecule has 0 spiro atoms. The Morgan fingerprint density at radius 1 is 1.12 bits per heavy atom. The molecular formula is C30H48O3. The number of aliphatic hydroxyl groups is 2. The van der Waals surface area contributed by atoms with Crippen LogP contribution in [0, 0.1) is 39.4 Å². The first-order valence-electron chi connectivity index (χ1n) is 13.5. The van der Waals surface area contributed by atoms with Crippen molar-refractivity contribution >= 4 is 5.78 Å². The number of rotatable bonds is 5. The summed E-state index contributed by atoms with van der Waals surface area (Å²) >= 11 is 0. The highest BCUT2D eigenvalue weighted by Crippen LogP contribution is 2.71. The zero-order chi connectivity index (χ0) is 24.4. The number of fused-ring (bicyclic) bond motifs is 4. The summed E-state index contributed by atoms with van der Waals surface area (Å²) in [6.07, 6.45) is 11.1. The Hall–Kier alpha value is -0.930. The average molecular weight is 457 g/mol. The number of carbonyl (C=O) groups excluding carboxylic acids is 1. The van der Waals surface area contributed by atoms with Crippen LogP contribution in [0.25, 0.3) is 0 Å². The van der Waals surface area contributed by atoms with Crippen molar-refractivity contribution in [3.63, 3.8) is 0 Å². The zero-order valence-corrected chi connectivity index (χ0v) is 22.3. The molecule has 33 heavy (non-hydrogen) atoms. The lowest BCUT2D eigenvalue weighted by Crippen LogP contribution is -2.57. The van der Waals surface area contributed by atoms with Crippen molar-refractivity contribution in [3.05, 3.63) is 22.8 Å². The largest absolute Gasteiger partial charge is 0.393 e. The highest BCUT2D eigenvalue weighted by molar-refractivity contribution is 5.99. The fraction of sp³-hybridized carbons (Fsp3) is 0.833. The van der Waals surface area contributed by atoms with E-state index in [-0.39, 0.29) is 40.3 Å². The maximum atomic E-state index is 13.9. The first-order chi connectivity index (χ1) is 15.3. The minimum atomic E-state index is -0.310. The highest BCUT2D eigenvalue weighted by Gasteiger charge is 2.65. The predicted molar refractivity (Wildman–Crippen MR) is 135 cm³/mol. The van der Waals surface area contributed by atoms with E-state index < -0.39 is 0 Å². The van der Waals surface area contributed by atoms with Gasteiger partial charge in [-0.3, -0.25) is 4.79 Å². The van der Waals surface area contributed by atoms with E-state index in [1.165, 1.54) is 24.0 Å². The smallest absolute Gasteiger partial charge is 0.159 e. The number of Topliss-reactive ketones (excluding diaryl/α,β-unsaturated/α-hetero) is 1. The fourth-order valence-corrected chi connectivity index (χ4v) is 9.16. The summed E-state index contributed by atoms with van der Waals surface area (Å²) < 4.78 is 0. The van der Waals surface area contributed by atoms with Crippen molar-refractivity contribution in [1.29, 1.82) is 0 Å². The maximum absolute atomic E-state index is 13.9. The summed E-state index contributed by atoms with van der Waals surface area (Å²) in [6.45, 7) is 16.3. The highest BCUT2D eigenvalue weighted by atomic mass is 16.3. The Morgan fingerprint density at radius 3 is 2.48 bits per heavy atom. The first-order valence-corrected chi connectivity index (χ1v) is 13.5. The van der Waals surface area contributed by atoms with Crippen LogP contribution in [0.1, 0.15) is 106 Å². The van der Waals surface area contributed by atoms with Crippen molar-refractivity contribution in [2.45, 2.75) is 112 Å². The molecule has 3 heteroatoms. The molecule has 7 atom stereocenters. The first kappa shape index (κ1) is 25.2. The van der Waals surface area contributed by atoms with Gasteiger partial charge in [0.15, 0.2) is 5.78 Å². The molecule has 0 radical (unpaired) electrons. The molecule has 4 aliphatic rings. The summed E-state index contributed by atoms with van der Waals surface area (Å²) in [4.78, 5) is 13.9. The molecule has 0 aromatic heterocycles. The predicted octanol–water partition coefficient (Wildman–Crippen LogP) is 6.63. The Labute approximate surface area is 202 Å². The third-order valence-corrected chi connectivity index (χ3v) is 11.7. The molecular weight excluding hydrogens is 408 g/mol. The fourth-order valence-electron chi connectivity index (χ4n) is 9.16. The summed E-state index contributed by atoms with van der Waals surface area (Å²) in [7, 11) is 0. The van der Waals surface area contributed by atoms with E-state index >= 15 is 0 Å². The average Bonchev–Trinajstić information content (AvgIpc) is 3.04. The SMILES string of the molecule is CC(=CCC[C@@H](C)[C@H]1CC[C@@]2(C)C3=C(CC[C@]12C)[C@@]1(C)CCC(O)C(C)(C)C1CC3=O)CO. The minimum absolute atomic E-state index is 0.0262. The number of carbonyl (C=O) groups is 1. The lowest BCUT2D eigenvalue weighted by Gasteiger charge is -2.61. The van der Waals surface area contributed by atoms with Gasteiger partial charge in [-0.25, -0.2) is 0 Å². The second-order valence-electron chi connectivity index (χ2n) is 13.5. The van der Waals surface area contributed by atoms with Crippen LogP contribution in [-0.4, -0.2) is 28.7 Å². The van der Waals surface area contributed by atoms with Crippen LogP contribution in [0.4, 0.5) is 0 Å². The lowest BCUT2D eigenvalue weighted by molar-refractivity contribution is -0.134. The summed E-state index contributed by atoms with van der Waals surface area (Å²) in [5.41, 5.74) is 3.73. The molecule has 0 amide bonds. The Balaban J connectivity index is 1.67. The van der Waals surface area contributed by atoms with Gasteiger partial charge >= 0.3 is 0 Å². The lowest BCUT2D eigenvalue weighted by atomic mass is 9.43. The van der Waals surface area contributed by atoms with Gasteiger partial charge in [0, 0.05) is 17.4 Å². The van der Waals surface area contributed by atoms with Gasteiger partial charge in [0.25, 0.3) is 0 Å². The van der Waals surface area contributed by atoms with Gasteiger partial charge in [0.2, 0.25) is 0 Å². The third kappa shape index (κ3) is 3.54. The van der Waals surface area contributed by atoms with E-state index in [9.17, 15) is 15.0 Å². The van der Waals surface area contributed by atoms with Crippen LogP contribution in [0.2, 0.25) is 0 Å². The van der Waals surface area contributed by atoms with Crippen LogP contribution in [0.5, 0.6) is 0 Å². The Bertz CT molecular complexity index is 866. The van der Waals surface area contributed by atoms with Crippen molar-refractivity contribution in [1.82, 2.24) is 0 Å². The van der Waals surface area contributed by atoms with E-state index in [4.69, 9.17) is 0 Å². The molecule has 2 saturated carbocycles. The molecule has 4 rings (SSSR count). The summed E-state index contributed by atoms with van der Waals surface area (Å²) in [5.74, 6) is 1.89. The molecule has 0 aliphatic heterocycles. The van der Waals surface area contributed by atoms with Gasteiger partial charge in [-0.2, -0.15) is 0 Å². The number of aliphatic hydroxyl groups excluding tert-OH is 2. The third-order valence-electron chi connectivity index (χ3n) is 11.7. The summed E-state index contributed by atoms with van der Waals surface area (Å²) in [6, 6.07) is 0. The molecule has 186 valence electrons. The van der Waals surface area contributed by atoms with Crippen LogP contribution in [-0.2, 0) is 4.79 Å². The molecule has 2 N–H and O–H groups in total. The number of hydrogen-bond acceptors (Lipinski definition) is 3. The molecule has 0 heterocycles. The summed E-state index contributed by atoms with van der Waals surface area (Å²) in [5, 5.41) is 20.1. The van der Waals surface area contributed by atoms with Gasteiger partial charge in [-0.15, -0.1) is 0 Å². The number of allylic oxidation sites excluding steroid dienone is 3. The van der Waals surface area contributed by atoms with E-state index in [1.54, 1.807) is 0 Å². The number of hydrogen-bond donors (Lipinski definition) is 2. The van der Waals surface area contributed by atoms with Crippen LogP contribution < -0.4 is 0 Å². The molecule has 0 aromatic rings. The monoisotopic (exact) mass is 456 g/mol. The zero-order valence-electron chi connectivity index (χ0n) is 22.3. The van der Waals surface area contributed by atoms with E-state index in [0.717, 1.165) is 44.1 Å². The molecule has 4 aliphatic carbocycles. The molecule has 2 unspecified atom stereocenters. The molecule has 3 nitrogen and oxygen atoms in total. The Morgan fingerprint density at radius 2 is 1.82 bits per heavy atom. The second-order valence-corrected chi connectivity index (χ2v) is 13.5.